The van der Waals surface area contributed by atoms with Crippen molar-refractivity contribution in [1.29, 1.82) is 0 Å². The van der Waals surface area contributed by atoms with Crippen molar-refractivity contribution in [1.82, 2.24) is 0 Å². The number of nitro benzene ring substituents is 1. The first-order valence-corrected chi connectivity index (χ1v) is 5.26. The van der Waals surface area contributed by atoms with Gasteiger partial charge in [0.1, 0.15) is 0 Å². The van der Waals surface area contributed by atoms with Gasteiger partial charge in [-0.2, -0.15) is 0 Å². The van der Waals surface area contributed by atoms with Gasteiger partial charge in [0, 0.05) is 16.1 Å². The molecule has 0 aliphatic rings. The van der Waals surface area contributed by atoms with E-state index >= 15 is 0 Å². The van der Waals surface area contributed by atoms with Gasteiger partial charge in [0.15, 0.2) is 0 Å². The second-order valence-corrected chi connectivity index (χ2v) is 4.03. The number of halogens is 1. The highest BCUT2D eigenvalue weighted by Gasteiger charge is 2.20. The fourth-order valence-corrected chi connectivity index (χ4v) is 1.70. The van der Waals surface area contributed by atoms with Gasteiger partial charge in [-0.15, -0.1) is 0 Å². The number of ether oxygens (including phenoxy) is 1. The van der Waals surface area contributed by atoms with E-state index in [-0.39, 0.29) is 12.1 Å². The van der Waals surface area contributed by atoms with Crippen molar-refractivity contribution < 1.29 is 14.5 Å². The fourth-order valence-electron chi connectivity index (χ4n) is 1.32. The molecule has 0 N–H and O–H groups in total. The third kappa shape index (κ3) is 2.57. The first-order chi connectivity index (χ1) is 7.47. The van der Waals surface area contributed by atoms with E-state index in [1.54, 1.807) is 13.0 Å². The van der Waals surface area contributed by atoms with Crippen molar-refractivity contribution in [2.75, 3.05) is 7.11 Å². The molecule has 0 heterocycles. The number of methoxy groups -OCH3 is 1. The fraction of sp³-hybridized carbons (Fsp3) is 0.300. The molecule has 0 spiro atoms. The molecule has 1 aromatic rings. The van der Waals surface area contributed by atoms with Crippen LogP contribution in [0.2, 0.25) is 0 Å². The molecule has 1 rings (SSSR count). The summed E-state index contributed by atoms with van der Waals surface area (Å²) in [6, 6.07) is 2.96. The summed E-state index contributed by atoms with van der Waals surface area (Å²) in [6.45, 7) is 1.72. The van der Waals surface area contributed by atoms with Crippen LogP contribution in [0.1, 0.15) is 11.1 Å². The van der Waals surface area contributed by atoms with E-state index in [1.165, 1.54) is 13.2 Å². The number of esters is 1. The maximum Gasteiger partial charge on any atom is 0.310 e. The largest absolute Gasteiger partial charge is 0.469 e. The highest BCUT2D eigenvalue weighted by atomic mass is 79.9. The third-order valence-corrected chi connectivity index (χ3v) is 3.11. The normalized spacial score (nSPS) is 9.94. The summed E-state index contributed by atoms with van der Waals surface area (Å²) < 4.78 is 5.24. The number of nitrogens with zero attached hydrogens (tertiary/aromatic N) is 1. The number of benzene rings is 1. The van der Waals surface area contributed by atoms with Crippen molar-refractivity contribution in [3.63, 3.8) is 0 Å². The van der Waals surface area contributed by atoms with Crippen LogP contribution in [0.5, 0.6) is 0 Å². The number of hydrogen-bond donors (Lipinski definition) is 0. The molecule has 0 unspecified atom stereocenters. The molecule has 0 aromatic heterocycles. The van der Waals surface area contributed by atoms with E-state index in [0.29, 0.717) is 11.1 Å². The lowest BCUT2D eigenvalue weighted by Gasteiger charge is -2.07. The van der Waals surface area contributed by atoms with Crippen molar-refractivity contribution in [3.05, 3.63) is 37.8 Å². The highest BCUT2D eigenvalue weighted by Crippen LogP contribution is 2.28. The minimum atomic E-state index is -0.502. The maximum atomic E-state index is 11.2. The summed E-state index contributed by atoms with van der Waals surface area (Å²) in [5, 5.41) is 10.8. The molecule has 1 aromatic carbocycles. The second kappa shape index (κ2) is 5.07. The molecule has 0 saturated heterocycles. The van der Waals surface area contributed by atoms with Crippen LogP contribution in [0.4, 0.5) is 5.69 Å². The average Bonchev–Trinajstić information content (AvgIpc) is 2.24. The third-order valence-electron chi connectivity index (χ3n) is 2.25. The van der Waals surface area contributed by atoms with Crippen LogP contribution >= 0.6 is 15.9 Å². The molecule has 86 valence electrons. The minimum Gasteiger partial charge on any atom is -0.469 e. The summed E-state index contributed by atoms with van der Waals surface area (Å²) in [7, 11) is 1.25. The van der Waals surface area contributed by atoms with Crippen LogP contribution < -0.4 is 0 Å². The lowest BCUT2D eigenvalue weighted by molar-refractivity contribution is -0.385. The van der Waals surface area contributed by atoms with E-state index in [1.807, 2.05) is 0 Å². The van der Waals surface area contributed by atoms with Gasteiger partial charge in [0.2, 0.25) is 0 Å². The number of carbonyl (C=O) groups excluding carboxylic acids is 1. The van der Waals surface area contributed by atoms with Crippen molar-refractivity contribution >= 4 is 27.6 Å². The van der Waals surface area contributed by atoms with Crippen molar-refractivity contribution in [2.45, 2.75) is 13.3 Å². The number of carbonyl (C=O) groups is 1. The summed E-state index contributed by atoms with van der Waals surface area (Å²) in [5.41, 5.74) is 0.997. The molecular weight excluding hydrogens is 278 g/mol. The lowest BCUT2D eigenvalue weighted by atomic mass is 10.0. The summed E-state index contributed by atoms with van der Waals surface area (Å²) in [6.07, 6.45) is -0.0991. The topological polar surface area (TPSA) is 69.4 Å². The van der Waals surface area contributed by atoms with Crippen LogP contribution in [0, 0.1) is 17.0 Å². The molecule has 0 fully saturated rings. The monoisotopic (exact) mass is 287 g/mol. The second-order valence-electron chi connectivity index (χ2n) is 3.18. The molecule has 0 saturated carbocycles. The van der Waals surface area contributed by atoms with Gasteiger partial charge in [-0.05, 0) is 18.6 Å². The predicted molar refractivity (Wildman–Crippen MR) is 61.3 cm³/mol. The zero-order valence-corrected chi connectivity index (χ0v) is 10.4. The summed E-state index contributed by atoms with van der Waals surface area (Å²) in [5.74, 6) is -0.496. The van der Waals surface area contributed by atoms with Gasteiger partial charge >= 0.3 is 5.97 Å². The molecule has 6 heteroatoms. The Bertz CT molecular complexity index is 445. The number of rotatable bonds is 3. The van der Waals surface area contributed by atoms with Gasteiger partial charge in [-0.25, -0.2) is 0 Å². The Hall–Kier alpha value is -1.43. The smallest absolute Gasteiger partial charge is 0.310 e. The average molecular weight is 288 g/mol. The standard InChI is InChI=1S/C10H10BrNO4/c1-6-7(5-10(13)16-2)9(12(14)15)4-3-8(6)11/h3-4H,5H2,1-2H3. The molecule has 16 heavy (non-hydrogen) atoms. The van der Waals surface area contributed by atoms with E-state index in [0.717, 1.165) is 4.47 Å². The minimum absolute atomic E-state index is 0.0638. The van der Waals surface area contributed by atoms with Gasteiger partial charge in [-0.1, -0.05) is 15.9 Å². The molecule has 0 aliphatic carbocycles. The van der Waals surface area contributed by atoms with Crippen LogP contribution in [-0.2, 0) is 16.0 Å². The number of hydrogen-bond acceptors (Lipinski definition) is 4. The van der Waals surface area contributed by atoms with Gasteiger partial charge in [0.25, 0.3) is 5.69 Å². The molecule has 0 atom stereocenters. The van der Waals surface area contributed by atoms with Crippen molar-refractivity contribution in [2.24, 2.45) is 0 Å². The predicted octanol–water partition coefficient (Wildman–Crippen LogP) is 2.38. The van der Waals surface area contributed by atoms with Crippen LogP contribution in [0.3, 0.4) is 0 Å². The zero-order valence-electron chi connectivity index (χ0n) is 8.82. The summed E-state index contributed by atoms with van der Waals surface area (Å²) >= 11 is 3.27. The molecule has 5 nitrogen and oxygen atoms in total. The first kappa shape index (κ1) is 12.6. The molecule has 0 radical (unpaired) electrons. The Kier molecular flexibility index (Phi) is 4.00. The Balaban J connectivity index is 3.26. The van der Waals surface area contributed by atoms with Gasteiger partial charge in [-0.3, -0.25) is 14.9 Å². The molecule has 0 bridgehead atoms. The molecule has 0 amide bonds. The van der Waals surface area contributed by atoms with E-state index in [2.05, 4.69) is 20.7 Å². The Labute approximate surface area is 101 Å². The first-order valence-electron chi connectivity index (χ1n) is 4.46. The number of nitro groups is 1. The Morgan fingerprint density at radius 2 is 2.19 bits per heavy atom. The molecule has 0 aliphatic heterocycles. The SMILES string of the molecule is COC(=O)Cc1c([N+](=O)[O-])ccc(Br)c1C. The maximum absolute atomic E-state index is 11.2. The zero-order chi connectivity index (χ0) is 12.3. The van der Waals surface area contributed by atoms with E-state index in [4.69, 9.17) is 0 Å². The van der Waals surface area contributed by atoms with E-state index < -0.39 is 10.9 Å². The van der Waals surface area contributed by atoms with Gasteiger partial charge < -0.3 is 4.74 Å². The lowest BCUT2D eigenvalue weighted by Crippen LogP contribution is -2.08. The molecular formula is C10H10BrNO4. The Morgan fingerprint density at radius 1 is 1.56 bits per heavy atom. The van der Waals surface area contributed by atoms with Gasteiger partial charge in [0.05, 0.1) is 18.5 Å². The van der Waals surface area contributed by atoms with Crippen molar-refractivity contribution in [3.8, 4) is 0 Å². The van der Waals surface area contributed by atoms with Crippen LogP contribution in [0.15, 0.2) is 16.6 Å². The highest BCUT2D eigenvalue weighted by molar-refractivity contribution is 9.10. The summed E-state index contributed by atoms with van der Waals surface area (Å²) in [4.78, 5) is 21.5. The quantitative estimate of drug-likeness (QED) is 0.486. The Morgan fingerprint density at radius 3 is 2.69 bits per heavy atom. The van der Waals surface area contributed by atoms with E-state index in [9.17, 15) is 14.9 Å². The van der Waals surface area contributed by atoms with Crippen LogP contribution in [0.25, 0.3) is 0 Å². The van der Waals surface area contributed by atoms with Crippen LogP contribution in [-0.4, -0.2) is 18.0 Å².